The summed E-state index contributed by atoms with van der Waals surface area (Å²) >= 11 is 0. The van der Waals surface area contributed by atoms with E-state index in [0.29, 0.717) is 31.9 Å². The Morgan fingerprint density at radius 1 is 1.00 bits per heavy atom. The Morgan fingerprint density at radius 2 is 1.69 bits per heavy atom. The molecule has 3 aromatic rings. The number of fused-ring (bicyclic) bond motifs is 1. The van der Waals surface area contributed by atoms with Gasteiger partial charge in [0.2, 0.25) is 0 Å². The molecule has 148 valence electrons. The lowest BCUT2D eigenvalue weighted by atomic mass is 10.1. The number of aromatic nitrogens is 1. The van der Waals surface area contributed by atoms with Crippen LogP contribution >= 0.6 is 0 Å². The van der Waals surface area contributed by atoms with Crippen molar-refractivity contribution in [3.8, 4) is 0 Å². The largest absolute Gasteiger partial charge is 0.378 e. The zero-order valence-corrected chi connectivity index (χ0v) is 16.3. The number of nitrogens with zero attached hydrogens (tertiary/aromatic N) is 2. The maximum absolute atomic E-state index is 13.2. The van der Waals surface area contributed by atoms with Crippen molar-refractivity contribution in [2.24, 2.45) is 7.05 Å². The van der Waals surface area contributed by atoms with E-state index in [1.807, 2.05) is 48.1 Å². The number of rotatable bonds is 4. The minimum atomic E-state index is -0.307. The second-order valence-corrected chi connectivity index (χ2v) is 7.00. The first-order chi connectivity index (χ1) is 14.1. The number of amides is 2. The molecule has 2 heterocycles. The molecule has 2 amide bonds. The summed E-state index contributed by atoms with van der Waals surface area (Å²) in [5.74, 6) is -0.510. The Balaban J connectivity index is 1.71. The molecule has 1 saturated heterocycles. The van der Waals surface area contributed by atoms with Crippen molar-refractivity contribution in [2.75, 3.05) is 26.3 Å². The highest BCUT2D eigenvalue weighted by Crippen LogP contribution is 2.23. The molecule has 0 aliphatic carbocycles. The fourth-order valence-electron chi connectivity index (χ4n) is 3.52. The molecular formula is C23H23N3O3. The maximum Gasteiger partial charge on any atom is 0.270 e. The van der Waals surface area contributed by atoms with Gasteiger partial charge in [-0.05, 0) is 24.3 Å². The van der Waals surface area contributed by atoms with Gasteiger partial charge < -0.3 is 19.5 Å². The summed E-state index contributed by atoms with van der Waals surface area (Å²) in [5.41, 5.74) is 2.71. The summed E-state index contributed by atoms with van der Waals surface area (Å²) in [7, 11) is 1.96. The van der Waals surface area contributed by atoms with Crippen LogP contribution in [0.2, 0.25) is 0 Å². The molecule has 6 heteroatoms. The van der Waals surface area contributed by atoms with Crippen LogP contribution in [0.4, 0.5) is 0 Å². The van der Waals surface area contributed by atoms with Gasteiger partial charge in [-0.3, -0.25) is 9.59 Å². The van der Waals surface area contributed by atoms with Crippen molar-refractivity contribution < 1.29 is 14.3 Å². The molecule has 2 aromatic carbocycles. The van der Waals surface area contributed by atoms with E-state index in [4.69, 9.17) is 4.74 Å². The zero-order valence-electron chi connectivity index (χ0n) is 16.3. The Morgan fingerprint density at radius 3 is 2.45 bits per heavy atom. The molecule has 1 aliphatic heterocycles. The summed E-state index contributed by atoms with van der Waals surface area (Å²) in [5, 5.41) is 3.86. The lowest BCUT2D eigenvalue weighted by Gasteiger charge is -2.27. The molecule has 0 unspecified atom stereocenters. The number of para-hydroxylation sites is 1. The lowest BCUT2D eigenvalue weighted by molar-refractivity contribution is -0.131. The van der Waals surface area contributed by atoms with Crippen LogP contribution in [0.1, 0.15) is 15.9 Å². The number of aryl methyl sites for hydroxylation is 1. The van der Waals surface area contributed by atoms with E-state index < -0.39 is 0 Å². The Kier molecular flexibility index (Phi) is 5.44. The molecule has 6 nitrogen and oxygen atoms in total. The van der Waals surface area contributed by atoms with Crippen LogP contribution in [0.5, 0.6) is 0 Å². The number of hydrogen-bond donors (Lipinski definition) is 1. The standard InChI is InChI=1S/C23H23N3O3/c1-25-16-18(19-9-5-6-10-21(19)25)15-20(23(28)26-11-13-29-14-12-26)24-22(27)17-7-3-2-4-8-17/h2-10,15-16H,11-14H2,1H3,(H,24,27)/b20-15-. The first-order valence-electron chi connectivity index (χ1n) is 9.62. The predicted molar refractivity (Wildman–Crippen MR) is 112 cm³/mol. The van der Waals surface area contributed by atoms with Crippen molar-refractivity contribution >= 4 is 28.8 Å². The molecule has 1 N–H and O–H groups in total. The van der Waals surface area contributed by atoms with Gasteiger partial charge in [0.1, 0.15) is 5.70 Å². The number of nitrogens with one attached hydrogen (secondary N) is 1. The number of carbonyl (C=O) groups is 2. The van der Waals surface area contributed by atoms with E-state index in [9.17, 15) is 9.59 Å². The van der Waals surface area contributed by atoms with Crippen LogP contribution in [0.3, 0.4) is 0 Å². The fourth-order valence-corrected chi connectivity index (χ4v) is 3.52. The van der Waals surface area contributed by atoms with E-state index in [1.54, 1.807) is 35.2 Å². The third-order valence-corrected chi connectivity index (χ3v) is 5.04. The molecule has 4 rings (SSSR count). The monoisotopic (exact) mass is 389 g/mol. The van der Waals surface area contributed by atoms with Crippen molar-refractivity contribution in [3.63, 3.8) is 0 Å². The first-order valence-corrected chi connectivity index (χ1v) is 9.62. The summed E-state index contributed by atoms with van der Waals surface area (Å²) < 4.78 is 7.37. The number of carbonyl (C=O) groups excluding carboxylic acids is 2. The van der Waals surface area contributed by atoms with Crippen molar-refractivity contribution in [2.45, 2.75) is 0 Å². The number of morpholine rings is 1. The molecule has 0 spiro atoms. The number of benzene rings is 2. The van der Waals surface area contributed by atoms with Crippen LogP contribution < -0.4 is 5.32 Å². The van der Waals surface area contributed by atoms with E-state index >= 15 is 0 Å². The van der Waals surface area contributed by atoms with Crippen LogP contribution in [0, 0.1) is 0 Å². The number of hydrogen-bond acceptors (Lipinski definition) is 3. The average molecular weight is 389 g/mol. The van der Waals surface area contributed by atoms with Gasteiger partial charge in [-0.2, -0.15) is 0 Å². The van der Waals surface area contributed by atoms with Crippen LogP contribution in [0.15, 0.2) is 66.5 Å². The number of ether oxygens (including phenoxy) is 1. The molecule has 29 heavy (non-hydrogen) atoms. The second-order valence-electron chi connectivity index (χ2n) is 7.00. The summed E-state index contributed by atoms with van der Waals surface area (Å²) in [6, 6.07) is 16.9. The van der Waals surface area contributed by atoms with Crippen LogP contribution in [-0.4, -0.2) is 47.6 Å². The van der Waals surface area contributed by atoms with Gasteiger partial charge in [0.05, 0.1) is 13.2 Å². The van der Waals surface area contributed by atoms with Gasteiger partial charge >= 0.3 is 0 Å². The minimum Gasteiger partial charge on any atom is -0.378 e. The summed E-state index contributed by atoms with van der Waals surface area (Å²) in [6.45, 7) is 2.01. The molecule has 1 aromatic heterocycles. The van der Waals surface area contributed by atoms with E-state index in [1.165, 1.54) is 0 Å². The average Bonchev–Trinajstić information content (AvgIpc) is 3.09. The molecule has 0 atom stereocenters. The smallest absolute Gasteiger partial charge is 0.270 e. The van der Waals surface area contributed by atoms with Crippen LogP contribution in [0.25, 0.3) is 17.0 Å². The zero-order chi connectivity index (χ0) is 20.2. The van der Waals surface area contributed by atoms with Crippen molar-refractivity contribution in [1.82, 2.24) is 14.8 Å². The summed E-state index contributed by atoms with van der Waals surface area (Å²) in [4.78, 5) is 27.7. The lowest BCUT2D eigenvalue weighted by Crippen LogP contribution is -2.44. The van der Waals surface area contributed by atoms with Gasteiger partial charge in [0.15, 0.2) is 0 Å². The van der Waals surface area contributed by atoms with Gasteiger partial charge in [0, 0.05) is 48.4 Å². The summed E-state index contributed by atoms with van der Waals surface area (Å²) in [6.07, 6.45) is 3.73. The van der Waals surface area contributed by atoms with Crippen LogP contribution in [-0.2, 0) is 16.6 Å². The quantitative estimate of drug-likeness (QED) is 0.698. The highest BCUT2D eigenvalue weighted by molar-refractivity contribution is 6.06. The topological polar surface area (TPSA) is 63.6 Å². The van der Waals surface area contributed by atoms with Crippen molar-refractivity contribution in [3.05, 3.63) is 77.6 Å². The van der Waals surface area contributed by atoms with E-state index in [0.717, 1.165) is 16.5 Å². The third-order valence-electron chi connectivity index (χ3n) is 5.04. The van der Waals surface area contributed by atoms with Gasteiger partial charge in [-0.15, -0.1) is 0 Å². The normalized spacial score (nSPS) is 14.8. The fraction of sp³-hybridized carbons (Fsp3) is 0.217. The highest BCUT2D eigenvalue weighted by Gasteiger charge is 2.23. The maximum atomic E-state index is 13.2. The molecular weight excluding hydrogens is 366 g/mol. The third kappa shape index (κ3) is 4.07. The van der Waals surface area contributed by atoms with Gasteiger partial charge in [-0.1, -0.05) is 36.4 Å². The van der Waals surface area contributed by atoms with Crippen molar-refractivity contribution in [1.29, 1.82) is 0 Å². The Bertz CT molecular complexity index is 1060. The Hall–Kier alpha value is -3.38. The molecule has 0 saturated carbocycles. The minimum absolute atomic E-state index is 0.203. The highest BCUT2D eigenvalue weighted by atomic mass is 16.5. The SMILES string of the molecule is Cn1cc(/C=C(\NC(=O)c2ccccc2)C(=O)N2CCOCC2)c2ccccc21. The predicted octanol–water partition coefficient (Wildman–Crippen LogP) is 2.81. The van der Waals surface area contributed by atoms with E-state index in [-0.39, 0.29) is 17.5 Å². The first kappa shape index (κ1) is 19.0. The van der Waals surface area contributed by atoms with E-state index in [2.05, 4.69) is 5.32 Å². The Labute approximate surface area is 169 Å². The molecule has 0 radical (unpaired) electrons. The molecule has 1 fully saturated rings. The second kappa shape index (κ2) is 8.32. The molecule has 1 aliphatic rings. The molecule has 0 bridgehead atoms. The van der Waals surface area contributed by atoms with Gasteiger partial charge in [0.25, 0.3) is 11.8 Å². The van der Waals surface area contributed by atoms with Gasteiger partial charge in [-0.25, -0.2) is 0 Å².